The molecule has 2 rings (SSSR count). The molecular weight excluding hydrogens is 310 g/mol. The van der Waals surface area contributed by atoms with E-state index in [-0.39, 0.29) is 17.7 Å². The summed E-state index contributed by atoms with van der Waals surface area (Å²) in [5.41, 5.74) is 1.01. The molecule has 0 saturated carbocycles. The molecule has 1 saturated heterocycles. The van der Waals surface area contributed by atoms with Gasteiger partial charge in [0.1, 0.15) is 5.75 Å². The summed E-state index contributed by atoms with van der Waals surface area (Å²) in [6.07, 6.45) is 1.45. The summed E-state index contributed by atoms with van der Waals surface area (Å²) in [6.45, 7) is 2.84. The summed E-state index contributed by atoms with van der Waals surface area (Å²) in [4.78, 5) is 0. The van der Waals surface area contributed by atoms with E-state index >= 15 is 0 Å². The van der Waals surface area contributed by atoms with Crippen molar-refractivity contribution in [2.24, 2.45) is 5.92 Å². The Morgan fingerprint density at radius 1 is 1.48 bits per heavy atom. The normalized spacial score (nSPS) is 22.1. The molecule has 1 fully saturated rings. The highest BCUT2D eigenvalue weighted by Gasteiger charge is 2.33. The van der Waals surface area contributed by atoms with Gasteiger partial charge >= 0.3 is 0 Å². The molecule has 6 heteroatoms. The molecule has 1 aromatic rings. The second kappa shape index (κ2) is 6.99. The van der Waals surface area contributed by atoms with Crippen molar-refractivity contribution in [1.29, 1.82) is 0 Å². The molecule has 0 bridgehead atoms. The number of benzene rings is 1. The van der Waals surface area contributed by atoms with Crippen LogP contribution in [0.1, 0.15) is 18.9 Å². The smallest absolute Gasteiger partial charge is 0.150 e. The van der Waals surface area contributed by atoms with Crippen LogP contribution in [0.4, 0.5) is 0 Å². The van der Waals surface area contributed by atoms with Gasteiger partial charge in [-0.05, 0) is 49.1 Å². The van der Waals surface area contributed by atoms with Crippen molar-refractivity contribution < 1.29 is 13.2 Å². The quantitative estimate of drug-likeness (QED) is 0.869. The monoisotopic (exact) mass is 331 g/mol. The lowest BCUT2D eigenvalue weighted by molar-refractivity contribution is 0.371. The number of methoxy groups -OCH3 is 1. The fourth-order valence-electron chi connectivity index (χ4n) is 2.95. The largest absolute Gasteiger partial charge is 0.496 e. The topological polar surface area (TPSA) is 55.4 Å². The third-order valence-corrected chi connectivity index (χ3v) is 6.01. The van der Waals surface area contributed by atoms with E-state index in [1.54, 1.807) is 13.2 Å². The summed E-state index contributed by atoms with van der Waals surface area (Å²) >= 11 is 6.07. The average molecular weight is 332 g/mol. The summed E-state index contributed by atoms with van der Waals surface area (Å²) < 4.78 is 28.8. The van der Waals surface area contributed by atoms with Gasteiger partial charge in [-0.1, -0.05) is 18.5 Å². The van der Waals surface area contributed by atoms with Gasteiger partial charge in [-0.3, -0.25) is 0 Å². The number of nitrogens with one attached hydrogen (secondary N) is 1. The van der Waals surface area contributed by atoms with E-state index in [1.165, 1.54) is 0 Å². The van der Waals surface area contributed by atoms with Gasteiger partial charge in [-0.25, -0.2) is 8.42 Å². The molecule has 21 heavy (non-hydrogen) atoms. The molecule has 1 heterocycles. The third kappa shape index (κ3) is 4.34. The van der Waals surface area contributed by atoms with Crippen molar-refractivity contribution in [2.75, 3.05) is 25.2 Å². The minimum atomic E-state index is -2.87. The molecule has 4 nitrogen and oxygen atoms in total. The highest BCUT2D eigenvalue weighted by Crippen LogP contribution is 2.28. The second-order valence-corrected chi connectivity index (χ2v) is 8.15. The molecule has 0 aliphatic carbocycles. The van der Waals surface area contributed by atoms with Gasteiger partial charge in [-0.15, -0.1) is 0 Å². The number of likely N-dealkylation sites (N-methyl/N-ethyl adjacent to an activating group) is 1. The Morgan fingerprint density at radius 3 is 2.81 bits per heavy atom. The van der Waals surface area contributed by atoms with Gasteiger partial charge in [0.05, 0.1) is 18.6 Å². The first kappa shape index (κ1) is 16.6. The third-order valence-electron chi connectivity index (χ3n) is 3.99. The predicted octanol–water partition coefficient (Wildman–Crippen LogP) is 2.30. The minimum Gasteiger partial charge on any atom is -0.496 e. The number of hydrogen-bond acceptors (Lipinski definition) is 4. The molecule has 1 aromatic carbocycles. The van der Waals surface area contributed by atoms with Gasteiger partial charge in [0, 0.05) is 11.1 Å². The average Bonchev–Trinajstić information content (AvgIpc) is 2.79. The summed E-state index contributed by atoms with van der Waals surface area (Å²) in [5.74, 6) is 1.52. The van der Waals surface area contributed by atoms with Gasteiger partial charge in [0.25, 0.3) is 0 Å². The van der Waals surface area contributed by atoms with E-state index < -0.39 is 9.84 Å². The van der Waals surface area contributed by atoms with Crippen LogP contribution >= 0.6 is 11.6 Å². The van der Waals surface area contributed by atoms with Crippen molar-refractivity contribution in [3.8, 4) is 5.75 Å². The molecular formula is C15H22ClNO3S. The van der Waals surface area contributed by atoms with Crippen LogP contribution in [-0.4, -0.2) is 39.6 Å². The summed E-state index contributed by atoms with van der Waals surface area (Å²) in [5, 5.41) is 4.09. The zero-order valence-corrected chi connectivity index (χ0v) is 14.0. The van der Waals surface area contributed by atoms with Crippen molar-refractivity contribution in [1.82, 2.24) is 5.32 Å². The Labute approximate surface area is 131 Å². The SMILES string of the molecule is CCNC(Cc1cc(Cl)ccc1OC)C1CCS(=O)(=O)C1. The predicted molar refractivity (Wildman–Crippen MR) is 85.9 cm³/mol. The van der Waals surface area contributed by atoms with E-state index in [0.717, 1.165) is 30.7 Å². The Bertz CT molecular complexity index is 589. The molecule has 0 spiro atoms. The van der Waals surface area contributed by atoms with Crippen LogP contribution in [0.25, 0.3) is 0 Å². The Balaban J connectivity index is 2.18. The first-order valence-corrected chi connectivity index (χ1v) is 9.41. The number of hydrogen-bond donors (Lipinski definition) is 1. The van der Waals surface area contributed by atoms with Crippen LogP contribution in [0, 0.1) is 5.92 Å². The standard InChI is InChI=1S/C15H22ClNO3S/c1-3-17-14(11-6-7-21(18,19)10-11)9-12-8-13(16)4-5-15(12)20-2/h4-5,8,11,14,17H,3,6-7,9-10H2,1-2H3. The van der Waals surface area contributed by atoms with Gasteiger partial charge < -0.3 is 10.1 Å². The summed E-state index contributed by atoms with van der Waals surface area (Å²) in [6, 6.07) is 5.67. The Kier molecular flexibility index (Phi) is 5.52. The zero-order chi connectivity index (χ0) is 15.5. The van der Waals surface area contributed by atoms with Gasteiger partial charge in [0.2, 0.25) is 0 Å². The number of halogens is 1. The van der Waals surface area contributed by atoms with Crippen LogP contribution < -0.4 is 10.1 Å². The van der Waals surface area contributed by atoms with E-state index in [0.29, 0.717) is 10.8 Å². The van der Waals surface area contributed by atoms with Crippen LogP contribution in [-0.2, 0) is 16.3 Å². The lowest BCUT2D eigenvalue weighted by Gasteiger charge is -2.24. The van der Waals surface area contributed by atoms with Gasteiger partial charge in [0.15, 0.2) is 9.84 Å². The maximum absolute atomic E-state index is 11.7. The minimum absolute atomic E-state index is 0.125. The summed E-state index contributed by atoms with van der Waals surface area (Å²) in [7, 11) is -1.24. The first-order valence-electron chi connectivity index (χ1n) is 7.21. The van der Waals surface area contributed by atoms with E-state index in [1.807, 2.05) is 19.1 Å². The van der Waals surface area contributed by atoms with Crippen molar-refractivity contribution in [3.05, 3.63) is 28.8 Å². The molecule has 2 unspecified atom stereocenters. The van der Waals surface area contributed by atoms with Crippen LogP contribution in [0.3, 0.4) is 0 Å². The molecule has 0 radical (unpaired) electrons. The first-order chi connectivity index (χ1) is 9.95. The fraction of sp³-hybridized carbons (Fsp3) is 0.600. The Morgan fingerprint density at radius 2 is 2.24 bits per heavy atom. The van der Waals surface area contributed by atoms with Crippen LogP contribution in [0.5, 0.6) is 5.75 Å². The number of sulfone groups is 1. The fourth-order valence-corrected chi connectivity index (χ4v) is 5.03. The van der Waals surface area contributed by atoms with E-state index in [2.05, 4.69) is 5.32 Å². The highest BCUT2D eigenvalue weighted by atomic mass is 35.5. The lowest BCUT2D eigenvalue weighted by Crippen LogP contribution is -2.38. The Hall–Kier alpha value is -0.780. The second-order valence-electron chi connectivity index (χ2n) is 5.49. The number of ether oxygens (including phenoxy) is 1. The number of rotatable bonds is 6. The van der Waals surface area contributed by atoms with E-state index in [4.69, 9.17) is 16.3 Å². The highest BCUT2D eigenvalue weighted by molar-refractivity contribution is 7.91. The molecule has 1 aliphatic rings. The van der Waals surface area contributed by atoms with Crippen molar-refractivity contribution >= 4 is 21.4 Å². The van der Waals surface area contributed by atoms with Crippen LogP contribution in [0.2, 0.25) is 5.02 Å². The molecule has 0 amide bonds. The van der Waals surface area contributed by atoms with E-state index in [9.17, 15) is 8.42 Å². The van der Waals surface area contributed by atoms with Crippen molar-refractivity contribution in [2.45, 2.75) is 25.8 Å². The zero-order valence-electron chi connectivity index (χ0n) is 12.4. The molecule has 118 valence electrons. The van der Waals surface area contributed by atoms with Gasteiger partial charge in [-0.2, -0.15) is 0 Å². The maximum atomic E-state index is 11.7. The molecule has 2 atom stereocenters. The maximum Gasteiger partial charge on any atom is 0.150 e. The molecule has 1 aliphatic heterocycles. The van der Waals surface area contributed by atoms with Crippen molar-refractivity contribution in [3.63, 3.8) is 0 Å². The molecule has 1 N–H and O–H groups in total. The molecule has 0 aromatic heterocycles. The lowest BCUT2D eigenvalue weighted by atomic mass is 9.92. The van der Waals surface area contributed by atoms with Crippen LogP contribution in [0.15, 0.2) is 18.2 Å².